The Hall–Kier alpha value is -4.13. The van der Waals surface area contributed by atoms with Gasteiger partial charge in [0.05, 0.1) is 49.9 Å². The molecule has 3 aromatic rings. The van der Waals surface area contributed by atoms with E-state index in [1.807, 2.05) is 0 Å². The third kappa shape index (κ3) is 2.60. The predicted octanol–water partition coefficient (Wildman–Crippen LogP) is 5.58. The number of allylic oxidation sites excluding steroid dienone is 2. The van der Waals surface area contributed by atoms with E-state index < -0.39 is 6.04 Å². The Labute approximate surface area is 213 Å². The predicted molar refractivity (Wildman–Crippen MR) is 136 cm³/mol. The Morgan fingerprint density at radius 2 is 1.28 bits per heavy atom. The Balaban J connectivity index is 1.39. The zero-order chi connectivity index (χ0) is 24.9. The lowest BCUT2D eigenvalue weighted by atomic mass is 9.76. The molecule has 0 spiro atoms. The molecule has 36 heavy (non-hydrogen) atoms. The highest BCUT2D eigenvalue weighted by molar-refractivity contribution is 6.41. The first-order valence-electron chi connectivity index (χ1n) is 11.1. The first-order valence-corrected chi connectivity index (χ1v) is 11.8. The first-order chi connectivity index (χ1) is 17.4. The van der Waals surface area contributed by atoms with E-state index >= 15 is 0 Å². The highest BCUT2D eigenvalue weighted by atomic mass is 35.5. The molecule has 0 saturated carbocycles. The molecule has 0 radical (unpaired) electrons. The van der Waals surface area contributed by atoms with Crippen LogP contribution in [0.2, 0.25) is 10.0 Å². The molecule has 1 unspecified atom stereocenters. The minimum absolute atomic E-state index is 0.182. The van der Waals surface area contributed by atoms with Crippen molar-refractivity contribution < 1.29 is 19.2 Å². The van der Waals surface area contributed by atoms with Gasteiger partial charge in [0.25, 0.3) is 0 Å². The fourth-order valence-electron chi connectivity index (χ4n) is 5.32. The SMILES string of the molecule is O=C1C2=C(C=CC3=Nc4c(ccc5c4C(=O)c4cccc(Cl)c4C5=O)NC32)C(=O)c2c(Cl)cccc21. The van der Waals surface area contributed by atoms with E-state index in [2.05, 4.69) is 5.32 Å². The molecule has 7 rings (SSSR count). The number of fused-ring (bicyclic) bond motifs is 7. The van der Waals surface area contributed by atoms with E-state index in [9.17, 15) is 19.2 Å². The van der Waals surface area contributed by atoms with Gasteiger partial charge < -0.3 is 5.32 Å². The minimum Gasteiger partial charge on any atom is -0.371 e. The van der Waals surface area contributed by atoms with Crippen LogP contribution < -0.4 is 5.32 Å². The second kappa shape index (κ2) is 7.20. The number of rotatable bonds is 0. The normalized spacial score (nSPS) is 18.9. The van der Waals surface area contributed by atoms with Crippen LogP contribution in [0.1, 0.15) is 52.6 Å². The number of hydrogen-bond acceptors (Lipinski definition) is 6. The van der Waals surface area contributed by atoms with Gasteiger partial charge >= 0.3 is 0 Å². The van der Waals surface area contributed by atoms with Crippen molar-refractivity contribution in [3.63, 3.8) is 0 Å². The first kappa shape index (κ1) is 21.2. The average molecular weight is 511 g/mol. The smallest absolute Gasteiger partial charge is 0.196 e. The maximum Gasteiger partial charge on any atom is 0.196 e. The van der Waals surface area contributed by atoms with Crippen molar-refractivity contribution in [2.75, 3.05) is 5.32 Å². The van der Waals surface area contributed by atoms with Crippen LogP contribution in [0, 0.1) is 0 Å². The van der Waals surface area contributed by atoms with Gasteiger partial charge in [0.15, 0.2) is 23.1 Å². The van der Waals surface area contributed by atoms with Gasteiger partial charge in [-0.15, -0.1) is 0 Å². The zero-order valence-electron chi connectivity index (χ0n) is 18.2. The summed E-state index contributed by atoms with van der Waals surface area (Å²) in [6.07, 6.45) is 3.20. The molecule has 8 heteroatoms. The summed E-state index contributed by atoms with van der Waals surface area (Å²) in [5, 5.41) is 3.72. The number of nitrogens with one attached hydrogen (secondary N) is 1. The summed E-state index contributed by atoms with van der Waals surface area (Å²) >= 11 is 12.5. The van der Waals surface area contributed by atoms with Crippen molar-refractivity contribution in [1.82, 2.24) is 0 Å². The van der Waals surface area contributed by atoms with E-state index in [1.165, 1.54) is 0 Å². The number of carbonyl (C=O) groups is 4. The van der Waals surface area contributed by atoms with Gasteiger partial charge in [-0.05, 0) is 36.4 Å². The fourth-order valence-corrected chi connectivity index (χ4v) is 5.84. The molecule has 172 valence electrons. The molecule has 4 aliphatic rings. The van der Waals surface area contributed by atoms with Gasteiger partial charge in [-0.3, -0.25) is 19.2 Å². The lowest BCUT2D eigenvalue weighted by Crippen LogP contribution is -2.41. The lowest BCUT2D eigenvalue weighted by molar-refractivity contribution is 0.0975. The zero-order valence-corrected chi connectivity index (χ0v) is 19.7. The number of aliphatic imine (C=N–C) groups is 1. The number of carbonyl (C=O) groups excluding carboxylic acids is 4. The quantitative estimate of drug-likeness (QED) is 0.333. The van der Waals surface area contributed by atoms with E-state index in [0.29, 0.717) is 17.1 Å². The van der Waals surface area contributed by atoms with Gasteiger partial charge in [-0.1, -0.05) is 47.5 Å². The van der Waals surface area contributed by atoms with Gasteiger partial charge in [-0.2, -0.15) is 0 Å². The van der Waals surface area contributed by atoms with Gasteiger partial charge in [0, 0.05) is 27.8 Å². The topological polar surface area (TPSA) is 92.7 Å². The monoisotopic (exact) mass is 510 g/mol. The molecular weight excluding hydrogens is 499 g/mol. The second-order valence-electron chi connectivity index (χ2n) is 8.80. The van der Waals surface area contributed by atoms with E-state index in [0.717, 1.165) is 0 Å². The van der Waals surface area contributed by atoms with Crippen LogP contribution in [0.5, 0.6) is 0 Å². The van der Waals surface area contributed by atoms with Crippen molar-refractivity contribution >= 4 is 63.4 Å². The van der Waals surface area contributed by atoms with Gasteiger partial charge in [-0.25, -0.2) is 4.99 Å². The number of anilines is 1. The molecule has 0 saturated heterocycles. The number of nitrogens with zero attached hydrogens (tertiary/aromatic N) is 1. The lowest BCUT2D eigenvalue weighted by Gasteiger charge is -2.34. The van der Waals surface area contributed by atoms with Crippen LogP contribution in [0.25, 0.3) is 0 Å². The Kier molecular flexibility index (Phi) is 4.23. The van der Waals surface area contributed by atoms with Crippen LogP contribution in [0.4, 0.5) is 11.4 Å². The summed E-state index contributed by atoms with van der Waals surface area (Å²) in [4.78, 5) is 58.2. The molecular formula is C28H12Cl2N2O4. The number of hydrogen-bond donors (Lipinski definition) is 1. The van der Waals surface area contributed by atoms with Crippen molar-refractivity contribution in [3.8, 4) is 0 Å². The van der Waals surface area contributed by atoms with Crippen molar-refractivity contribution in [3.05, 3.63) is 115 Å². The fraction of sp³-hybridized carbons (Fsp3) is 0.0357. The summed E-state index contributed by atoms with van der Waals surface area (Å²) in [6.45, 7) is 0. The average Bonchev–Trinajstić information content (AvgIpc) is 2.87. The standard InChI is InChI=1S/C28H12Cl2N2O4/c29-15-5-1-3-11-19(15)25(33)13-7-9-17-23(21(13)27(11)35)31-18-10-8-14-22(24(18)32-17)28(36)12-4-2-6-16(30)20(12)26(14)34/h1-10,23,31H. The van der Waals surface area contributed by atoms with Gasteiger partial charge in [0.1, 0.15) is 0 Å². The number of halogens is 2. The minimum atomic E-state index is -0.699. The summed E-state index contributed by atoms with van der Waals surface area (Å²) in [6, 6.07) is 12.1. The largest absolute Gasteiger partial charge is 0.371 e. The third-order valence-corrected chi connectivity index (χ3v) is 7.58. The van der Waals surface area contributed by atoms with Crippen LogP contribution in [0.15, 0.2) is 76.8 Å². The molecule has 0 bridgehead atoms. The molecule has 0 fully saturated rings. The van der Waals surface area contributed by atoms with Crippen molar-refractivity contribution in [2.24, 2.45) is 4.99 Å². The molecule has 0 aromatic heterocycles. The highest BCUT2D eigenvalue weighted by Crippen LogP contribution is 2.44. The maximum atomic E-state index is 13.5. The number of Topliss-reactive ketones (excluding diaryl/α,β-unsaturated/α-hetero) is 2. The molecule has 6 nitrogen and oxygen atoms in total. The maximum absolute atomic E-state index is 13.5. The van der Waals surface area contributed by atoms with Crippen LogP contribution in [-0.2, 0) is 0 Å². The summed E-state index contributed by atoms with van der Waals surface area (Å²) in [5.41, 5.74) is 3.03. The summed E-state index contributed by atoms with van der Waals surface area (Å²) in [7, 11) is 0. The van der Waals surface area contributed by atoms with Crippen molar-refractivity contribution in [2.45, 2.75) is 6.04 Å². The molecule has 1 heterocycles. The summed E-state index contributed by atoms with van der Waals surface area (Å²) in [5.74, 6) is -1.34. The molecule has 3 aromatic carbocycles. The molecule has 1 aliphatic heterocycles. The van der Waals surface area contributed by atoms with Crippen LogP contribution in [-0.4, -0.2) is 34.9 Å². The van der Waals surface area contributed by atoms with E-state index in [-0.39, 0.29) is 77.7 Å². The number of benzene rings is 3. The Morgan fingerprint density at radius 3 is 2.00 bits per heavy atom. The Morgan fingerprint density at radius 1 is 0.667 bits per heavy atom. The highest BCUT2D eigenvalue weighted by Gasteiger charge is 2.42. The second-order valence-corrected chi connectivity index (χ2v) is 9.61. The van der Waals surface area contributed by atoms with Crippen molar-refractivity contribution in [1.29, 1.82) is 0 Å². The molecule has 3 aliphatic carbocycles. The van der Waals surface area contributed by atoms with E-state index in [4.69, 9.17) is 28.2 Å². The van der Waals surface area contributed by atoms with Crippen LogP contribution in [0.3, 0.4) is 0 Å². The molecule has 0 amide bonds. The third-order valence-electron chi connectivity index (χ3n) is 6.95. The van der Waals surface area contributed by atoms with Crippen LogP contribution >= 0.6 is 23.2 Å². The Bertz CT molecular complexity index is 1760. The molecule has 1 atom stereocenters. The van der Waals surface area contributed by atoms with E-state index in [1.54, 1.807) is 60.7 Å². The summed E-state index contributed by atoms with van der Waals surface area (Å²) < 4.78 is 0. The van der Waals surface area contributed by atoms with Gasteiger partial charge in [0.2, 0.25) is 0 Å². The molecule has 1 N–H and O–H groups in total. The number of ketones is 4.